The van der Waals surface area contributed by atoms with Gasteiger partial charge < -0.3 is 25.6 Å². The molecule has 0 saturated carbocycles. The summed E-state index contributed by atoms with van der Waals surface area (Å²) in [5.74, 6) is 2.53. The Morgan fingerprint density at radius 3 is 2.84 bits per heavy atom. The average molecular weight is 268 g/mol. The molecule has 0 unspecified atom stereocenters. The van der Waals surface area contributed by atoms with Crippen LogP contribution in [0.15, 0.2) is 11.0 Å². The quantitative estimate of drug-likeness (QED) is 0.458. The summed E-state index contributed by atoms with van der Waals surface area (Å²) in [5.41, 5.74) is 3.42. The zero-order valence-corrected chi connectivity index (χ0v) is 9.75. The molecule has 6 N–H and O–H groups in total. The molecule has 19 heavy (non-hydrogen) atoms. The van der Waals surface area contributed by atoms with Crippen LogP contribution in [-0.2, 0) is 4.84 Å². The summed E-state index contributed by atoms with van der Waals surface area (Å²) in [4.78, 5) is 39.0. The van der Waals surface area contributed by atoms with E-state index in [0.717, 1.165) is 6.20 Å². The lowest BCUT2D eigenvalue weighted by molar-refractivity contribution is 0.0786. The molecule has 0 spiro atoms. The van der Waals surface area contributed by atoms with E-state index in [9.17, 15) is 19.5 Å². The van der Waals surface area contributed by atoms with Crippen molar-refractivity contribution in [1.29, 1.82) is 0 Å². The Bertz CT molecular complexity index is 609. The second-order valence-corrected chi connectivity index (χ2v) is 4.04. The van der Waals surface area contributed by atoms with Crippen LogP contribution >= 0.6 is 0 Å². The number of rotatable bonds is 3. The molecule has 2 amide bonds. The lowest BCUT2D eigenvalue weighted by Crippen LogP contribution is -2.43. The first-order chi connectivity index (χ1) is 8.97. The topological polar surface area (TPSA) is 150 Å². The van der Waals surface area contributed by atoms with Crippen molar-refractivity contribution in [2.75, 3.05) is 13.2 Å². The van der Waals surface area contributed by atoms with Crippen LogP contribution in [0.1, 0.15) is 26.9 Å². The number of hydrogen-bond donors (Lipinski definition) is 4. The number of nitrogens with two attached hydrogens (primary N) is 2. The highest BCUT2D eigenvalue weighted by atomic mass is 16.6. The zero-order chi connectivity index (χ0) is 14.2. The van der Waals surface area contributed by atoms with Gasteiger partial charge in [-0.05, 0) is 0 Å². The molecule has 0 radical (unpaired) electrons. The van der Waals surface area contributed by atoms with E-state index in [0.29, 0.717) is 0 Å². The fraction of sp³-hybridized carbons (Fsp3) is 0.300. The summed E-state index contributed by atoms with van der Waals surface area (Å²) in [6.07, 6.45) is 1.13. The van der Waals surface area contributed by atoms with Gasteiger partial charge in [0.1, 0.15) is 5.56 Å². The molecule has 1 aliphatic heterocycles. The van der Waals surface area contributed by atoms with Crippen molar-refractivity contribution in [1.82, 2.24) is 9.88 Å². The van der Waals surface area contributed by atoms with Crippen LogP contribution in [-0.4, -0.2) is 34.6 Å². The van der Waals surface area contributed by atoms with Crippen molar-refractivity contribution in [3.63, 3.8) is 0 Å². The highest BCUT2D eigenvalue weighted by Crippen LogP contribution is 2.21. The summed E-state index contributed by atoms with van der Waals surface area (Å²) < 4.78 is 1.27. The highest BCUT2D eigenvalue weighted by molar-refractivity contribution is 5.98. The molecule has 1 aliphatic rings. The van der Waals surface area contributed by atoms with Crippen molar-refractivity contribution in [3.8, 4) is 5.75 Å². The molecule has 2 rings (SSSR count). The molecular weight excluding hydrogens is 256 g/mol. The van der Waals surface area contributed by atoms with E-state index < -0.39 is 34.6 Å². The summed E-state index contributed by atoms with van der Waals surface area (Å²) in [5, 5.41) is 12.2. The first kappa shape index (κ1) is 13.1. The van der Waals surface area contributed by atoms with Gasteiger partial charge in [-0.15, -0.1) is 0 Å². The van der Waals surface area contributed by atoms with Gasteiger partial charge in [-0.25, -0.2) is 5.90 Å². The number of hydrogen-bond acceptors (Lipinski definition) is 6. The van der Waals surface area contributed by atoms with E-state index in [-0.39, 0.29) is 18.8 Å². The van der Waals surface area contributed by atoms with Gasteiger partial charge in [-0.1, -0.05) is 0 Å². The molecule has 102 valence electrons. The molecule has 0 fully saturated rings. The zero-order valence-electron chi connectivity index (χ0n) is 9.75. The van der Waals surface area contributed by atoms with Crippen LogP contribution in [0.5, 0.6) is 5.75 Å². The Labute approximate surface area is 106 Å². The van der Waals surface area contributed by atoms with Crippen LogP contribution in [0.4, 0.5) is 0 Å². The highest BCUT2D eigenvalue weighted by Gasteiger charge is 2.30. The second kappa shape index (κ2) is 4.71. The number of aromatic nitrogens is 1. The lowest BCUT2D eigenvalue weighted by Gasteiger charge is -2.28. The van der Waals surface area contributed by atoms with Gasteiger partial charge in [0.2, 0.25) is 5.43 Å². The molecule has 1 atom stereocenters. The Morgan fingerprint density at radius 2 is 2.26 bits per heavy atom. The van der Waals surface area contributed by atoms with Gasteiger partial charge >= 0.3 is 0 Å². The summed E-state index contributed by atoms with van der Waals surface area (Å²) in [7, 11) is 0. The molecule has 0 saturated heterocycles. The molecule has 2 heterocycles. The Morgan fingerprint density at radius 1 is 1.58 bits per heavy atom. The van der Waals surface area contributed by atoms with Crippen LogP contribution < -0.4 is 22.4 Å². The predicted octanol–water partition coefficient (Wildman–Crippen LogP) is -2.17. The smallest absolute Gasteiger partial charge is 0.272 e. The third-order valence-electron chi connectivity index (χ3n) is 2.87. The number of nitrogens with one attached hydrogen (secondary N) is 1. The van der Waals surface area contributed by atoms with E-state index in [1.54, 1.807) is 0 Å². The van der Waals surface area contributed by atoms with Gasteiger partial charge in [0.05, 0.1) is 12.6 Å². The number of nitrogens with zero attached hydrogens (tertiary/aromatic N) is 1. The Kier molecular flexibility index (Phi) is 3.23. The first-order valence-corrected chi connectivity index (χ1v) is 5.35. The van der Waals surface area contributed by atoms with E-state index in [1.165, 1.54) is 4.57 Å². The predicted molar refractivity (Wildman–Crippen MR) is 62.4 cm³/mol. The first-order valence-electron chi connectivity index (χ1n) is 5.35. The monoisotopic (exact) mass is 268 g/mol. The SMILES string of the molecule is NOC[C@H]1CNC(=O)c2c(O)c(=O)c(C(N)=O)cn21. The van der Waals surface area contributed by atoms with Crippen LogP contribution in [0.3, 0.4) is 0 Å². The van der Waals surface area contributed by atoms with Gasteiger partial charge in [0.25, 0.3) is 11.8 Å². The number of carbonyl (C=O) groups excluding carboxylic acids is 2. The number of fused-ring (bicyclic) bond motifs is 1. The van der Waals surface area contributed by atoms with E-state index in [2.05, 4.69) is 10.2 Å². The van der Waals surface area contributed by atoms with Crippen LogP contribution in [0, 0.1) is 0 Å². The standard InChI is InChI=1S/C10H12N4O5/c11-9(17)5-2-14-4(3-19-12)1-13-10(18)6(14)8(16)7(5)15/h2,4,16H,1,3,12H2,(H2,11,17)(H,13,18)/t4-/m1/s1. The molecular formula is C10H12N4O5. The molecule has 1 aromatic rings. The maximum atomic E-state index is 11.7. The molecule has 9 heteroatoms. The van der Waals surface area contributed by atoms with Crippen molar-refractivity contribution in [2.24, 2.45) is 11.6 Å². The minimum atomic E-state index is -0.992. The Hall–Kier alpha value is -2.39. The molecule has 0 aromatic carbocycles. The van der Waals surface area contributed by atoms with Gasteiger partial charge in [0, 0.05) is 12.7 Å². The van der Waals surface area contributed by atoms with E-state index in [1.807, 2.05) is 0 Å². The minimum absolute atomic E-state index is 0.0216. The van der Waals surface area contributed by atoms with Gasteiger partial charge in [-0.3, -0.25) is 14.4 Å². The number of primary amides is 1. The van der Waals surface area contributed by atoms with Crippen LogP contribution in [0.2, 0.25) is 0 Å². The van der Waals surface area contributed by atoms with Crippen molar-refractivity contribution in [2.45, 2.75) is 6.04 Å². The summed E-state index contributed by atoms with van der Waals surface area (Å²) >= 11 is 0. The maximum Gasteiger partial charge on any atom is 0.272 e. The van der Waals surface area contributed by atoms with E-state index in [4.69, 9.17) is 11.6 Å². The second-order valence-electron chi connectivity index (χ2n) is 4.04. The van der Waals surface area contributed by atoms with Crippen LogP contribution in [0.25, 0.3) is 0 Å². The molecule has 9 nitrogen and oxygen atoms in total. The normalized spacial score (nSPS) is 17.7. The van der Waals surface area contributed by atoms with Crippen molar-refractivity contribution >= 4 is 11.8 Å². The fourth-order valence-electron chi connectivity index (χ4n) is 1.95. The molecule has 1 aromatic heterocycles. The number of carbonyl (C=O) groups is 2. The van der Waals surface area contributed by atoms with E-state index >= 15 is 0 Å². The van der Waals surface area contributed by atoms with Gasteiger partial charge in [-0.2, -0.15) is 0 Å². The molecule has 0 bridgehead atoms. The molecule has 0 aliphatic carbocycles. The van der Waals surface area contributed by atoms with Gasteiger partial charge in [0.15, 0.2) is 11.4 Å². The van der Waals surface area contributed by atoms with Crippen molar-refractivity contribution < 1.29 is 19.5 Å². The van der Waals surface area contributed by atoms with Crippen molar-refractivity contribution in [3.05, 3.63) is 27.7 Å². The minimum Gasteiger partial charge on any atom is -0.503 e. The average Bonchev–Trinajstić information content (AvgIpc) is 2.36. The summed E-state index contributed by atoms with van der Waals surface area (Å²) in [6.45, 7) is 0.206. The number of aromatic hydroxyl groups is 1. The third kappa shape index (κ3) is 2.04. The number of amides is 2. The maximum absolute atomic E-state index is 11.7. The largest absolute Gasteiger partial charge is 0.503 e. The number of pyridine rings is 1. The Balaban J connectivity index is 2.70. The lowest BCUT2D eigenvalue weighted by atomic mass is 10.1. The summed E-state index contributed by atoms with van der Waals surface area (Å²) in [6, 6.07) is -0.456. The third-order valence-corrected chi connectivity index (χ3v) is 2.87. The fourth-order valence-corrected chi connectivity index (χ4v) is 1.95.